The number of methoxy groups -OCH3 is 1. The fourth-order valence-electron chi connectivity index (χ4n) is 3.65. The van der Waals surface area contributed by atoms with Gasteiger partial charge in [0.2, 0.25) is 6.54 Å². The van der Waals surface area contributed by atoms with Crippen molar-refractivity contribution < 1.29 is 27.7 Å². The number of halogens is 2. The molecule has 0 N–H and O–H groups in total. The number of esters is 1. The third kappa shape index (κ3) is 5.94. The van der Waals surface area contributed by atoms with Crippen LogP contribution in [0.15, 0.2) is 18.2 Å². The largest absolute Gasteiger partial charge is 0.469 e. The zero-order valence-electron chi connectivity index (χ0n) is 16.3. The van der Waals surface area contributed by atoms with Crippen LogP contribution in [0.25, 0.3) is 0 Å². The average Bonchev–Trinajstić information content (AvgIpc) is 2.64. The normalized spacial score (nSPS) is 18.3. The lowest BCUT2D eigenvalue weighted by atomic mass is 9.93. The lowest BCUT2D eigenvalue weighted by Gasteiger charge is -2.19. The second-order valence-corrected chi connectivity index (χ2v) is 7.35. The summed E-state index contributed by atoms with van der Waals surface area (Å²) in [6.07, 6.45) is 4.02. The molecule has 0 bridgehead atoms. The number of hydrogen-bond donors (Lipinski definition) is 0. The number of carbonyl (C=O) groups excluding carboxylic acids is 2. The summed E-state index contributed by atoms with van der Waals surface area (Å²) in [5.74, 6) is -2.81. The number of ketones is 1. The van der Waals surface area contributed by atoms with Gasteiger partial charge in [0, 0.05) is 26.2 Å². The fourth-order valence-corrected chi connectivity index (χ4v) is 3.65. The summed E-state index contributed by atoms with van der Waals surface area (Å²) in [6.45, 7) is 4.53. The Balaban J connectivity index is 1.98. The minimum atomic E-state index is -0.947. The highest BCUT2D eigenvalue weighted by molar-refractivity contribution is 5.83. The summed E-state index contributed by atoms with van der Waals surface area (Å²) >= 11 is 0. The van der Waals surface area contributed by atoms with Crippen LogP contribution in [0.5, 0.6) is 0 Å². The molecule has 0 saturated heterocycles. The first-order valence-corrected chi connectivity index (χ1v) is 9.44. The van der Waals surface area contributed by atoms with Crippen molar-refractivity contribution >= 4 is 17.5 Å². The van der Waals surface area contributed by atoms with Gasteiger partial charge < -0.3 is 4.74 Å². The molecule has 1 aromatic carbocycles. The summed E-state index contributed by atoms with van der Waals surface area (Å²) in [4.78, 5) is 24.5. The van der Waals surface area contributed by atoms with Gasteiger partial charge in [-0.3, -0.25) is 9.59 Å². The van der Waals surface area contributed by atoms with Crippen LogP contribution in [0.2, 0.25) is 0 Å². The van der Waals surface area contributed by atoms with Crippen LogP contribution in [-0.4, -0.2) is 41.7 Å². The molecule has 0 aliphatic carbocycles. The number of ether oxygens (including phenoxy) is 1. The summed E-state index contributed by atoms with van der Waals surface area (Å²) < 4.78 is 33.5. The quantitative estimate of drug-likeness (QED) is 0.510. The maximum atomic E-state index is 13.4. The standard InChI is InChI=1S/C21H28F2NO3/c1-14-5-4-6-15(2)24(14)13-18(25)9-8-17(21(26)27-3)11-16-7-10-19(22)20(23)12-16/h7,10,12,14,17H,4-6,8-9,11,13H2,1-3H3/q+1/t14-,17+/m1/s1. The van der Waals surface area contributed by atoms with E-state index in [1.54, 1.807) is 0 Å². The van der Waals surface area contributed by atoms with Crippen LogP contribution in [-0.2, 0) is 20.7 Å². The third-order valence-electron chi connectivity index (χ3n) is 5.30. The highest BCUT2D eigenvalue weighted by atomic mass is 19.2. The molecular weight excluding hydrogens is 352 g/mol. The molecule has 0 amide bonds. The van der Waals surface area contributed by atoms with Crippen LogP contribution in [0.3, 0.4) is 0 Å². The molecule has 27 heavy (non-hydrogen) atoms. The molecule has 1 heterocycles. The topological polar surface area (TPSA) is 46.4 Å². The van der Waals surface area contributed by atoms with Crippen molar-refractivity contribution in [1.82, 2.24) is 0 Å². The second kappa shape index (κ2) is 9.72. The highest BCUT2D eigenvalue weighted by Gasteiger charge is 2.27. The van der Waals surface area contributed by atoms with Crippen LogP contribution < -0.4 is 0 Å². The number of hydrogen-bond acceptors (Lipinski definition) is 3. The Morgan fingerprint density at radius 2 is 2.04 bits per heavy atom. The van der Waals surface area contributed by atoms with E-state index >= 15 is 0 Å². The number of carbonyl (C=O) groups is 2. The number of Topliss-reactive ketones (excluding diaryl/α,β-unsaturated/α-hetero) is 1. The molecule has 2 rings (SSSR count). The molecule has 0 aromatic heterocycles. The Labute approximate surface area is 159 Å². The van der Waals surface area contributed by atoms with E-state index in [0.717, 1.165) is 31.4 Å². The molecule has 4 nitrogen and oxygen atoms in total. The summed E-state index contributed by atoms with van der Waals surface area (Å²) in [5.41, 5.74) is 1.74. The van der Waals surface area contributed by atoms with Gasteiger partial charge in [0.05, 0.1) is 13.0 Å². The van der Waals surface area contributed by atoms with Gasteiger partial charge in [-0.05, 0) is 43.9 Å². The molecule has 148 valence electrons. The third-order valence-corrected chi connectivity index (χ3v) is 5.30. The Kier molecular flexibility index (Phi) is 7.63. The maximum absolute atomic E-state index is 13.4. The summed E-state index contributed by atoms with van der Waals surface area (Å²) in [5, 5.41) is 0. The number of rotatable bonds is 8. The van der Waals surface area contributed by atoms with E-state index in [1.165, 1.54) is 18.9 Å². The predicted molar refractivity (Wildman–Crippen MR) is 98.9 cm³/mol. The van der Waals surface area contributed by atoms with Crippen molar-refractivity contribution in [1.29, 1.82) is 0 Å². The molecule has 1 aliphatic rings. The first-order valence-electron chi connectivity index (χ1n) is 9.44. The van der Waals surface area contributed by atoms with Crippen LogP contribution >= 0.6 is 0 Å². The van der Waals surface area contributed by atoms with E-state index in [2.05, 4.69) is 18.4 Å². The molecule has 6 heteroatoms. The van der Waals surface area contributed by atoms with Crippen molar-refractivity contribution in [3.63, 3.8) is 0 Å². The first-order chi connectivity index (χ1) is 12.8. The Morgan fingerprint density at radius 3 is 2.67 bits per heavy atom. The van der Waals surface area contributed by atoms with Gasteiger partial charge in [-0.25, -0.2) is 13.4 Å². The molecule has 1 aromatic rings. The second-order valence-electron chi connectivity index (χ2n) is 7.35. The minimum absolute atomic E-state index is 0.0716. The summed E-state index contributed by atoms with van der Waals surface area (Å²) in [7, 11) is 1.29. The lowest BCUT2D eigenvalue weighted by molar-refractivity contribution is -0.557. The minimum Gasteiger partial charge on any atom is -0.469 e. The van der Waals surface area contributed by atoms with E-state index in [4.69, 9.17) is 4.74 Å². The van der Waals surface area contributed by atoms with Gasteiger partial charge in [0.1, 0.15) is 11.8 Å². The smallest absolute Gasteiger partial charge is 0.309 e. The van der Waals surface area contributed by atoms with Crippen molar-refractivity contribution in [3.8, 4) is 0 Å². The van der Waals surface area contributed by atoms with Gasteiger partial charge in [-0.15, -0.1) is 0 Å². The molecule has 1 aliphatic heterocycles. The molecule has 0 spiro atoms. The molecular formula is C21H28F2NO3+. The zero-order chi connectivity index (χ0) is 20.0. The number of nitrogens with zero attached hydrogens (tertiary/aromatic N) is 1. The SMILES string of the molecule is COC(=O)[C@@H](CCC(=O)C[N+]1=C(C)CCC[C@H]1C)Cc1ccc(F)c(F)c1. The Hall–Kier alpha value is -2.11. The van der Waals surface area contributed by atoms with Crippen molar-refractivity contribution in [2.24, 2.45) is 5.92 Å². The van der Waals surface area contributed by atoms with Gasteiger partial charge in [-0.2, -0.15) is 0 Å². The summed E-state index contributed by atoms with van der Waals surface area (Å²) in [6, 6.07) is 3.92. The van der Waals surface area contributed by atoms with E-state index in [9.17, 15) is 18.4 Å². The van der Waals surface area contributed by atoms with Crippen LogP contribution in [0.4, 0.5) is 8.78 Å². The monoisotopic (exact) mass is 380 g/mol. The Morgan fingerprint density at radius 1 is 1.30 bits per heavy atom. The molecule has 0 fully saturated rings. The highest BCUT2D eigenvalue weighted by Crippen LogP contribution is 2.19. The molecule has 0 radical (unpaired) electrons. The van der Waals surface area contributed by atoms with Crippen molar-refractivity contribution in [2.75, 3.05) is 13.7 Å². The Bertz CT molecular complexity index is 730. The van der Waals surface area contributed by atoms with Gasteiger partial charge in [-0.1, -0.05) is 6.07 Å². The van der Waals surface area contributed by atoms with Crippen molar-refractivity contribution in [2.45, 2.75) is 58.4 Å². The van der Waals surface area contributed by atoms with Gasteiger partial charge >= 0.3 is 5.97 Å². The fraction of sp³-hybridized carbons (Fsp3) is 0.571. The molecule has 0 saturated carbocycles. The number of benzene rings is 1. The van der Waals surface area contributed by atoms with Crippen molar-refractivity contribution in [3.05, 3.63) is 35.4 Å². The van der Waals surface area contributed by atoms with E-state index in [1.807, 2.05) is 0 Å². The van der Waals surface area contributed by atoms with Crippen LogP contribution in [0.1, 0.15) is 51.5 Å². The predicted octanol–water partition coefficient (Wildman–Crippen LogP) is 3.69. The van der Waals surface area contributed by atoms with Gasteiger partial charge in [0.15, 0.2) is 17.4 Å². The van der Waals surface area contributed by atoms with E-state index in [-0.39, 0.29) is 18.6 Å². The maximum Gasteiger partial charge on any atom is 0.309 e. The van der Waals surface area contributed by atoms with E-state index < -0.39 is 23.5 Å². The van der Waals surface area contributed by atoms with Gasteiger partial charge in [0.25, 0.3) is 0 Å². The average molecular weight is 380 g/mol. The zero-order valence-corrected chi connectivity index (χ0v) is 16.3. The van der Waals surface area contributed by atoms with E-state index in [0.29, 0.717) is 24.6 Å². The van der Waals surface area contributed by atoms with Crippen LogP contribution in [0, 0.1) is 17.6 Å². The molecule has 0 unspecified atom stereocenters. The molecule has 2 atom stereocenters. The lowest BCUT2D eigenvalue weighted by Crippen LogP contribution is -2.36. The first kappa shape index (κ1) is 21.2.